The average molecular weight is 184 g/mol. The van der Waals surface area contributed by atoms with Crippen molar-refractivity contribution in [2.45, 2.75) is 19.5 Å². The topological polar surface area (TPSA) is 52.0 Å². The molecule has 0 aliphatic heterocycles. The molecular weight excluding hydrogens is 168 g/mol. The molecule has 0 saturated carbocycles. The van der Waals surface area contributed by atoms with Crippen LogP contribution in [-0.4, -0.2) is 34.8 Å². The highest BCUT2D eigenvalue weighted by Crippen LogP contribution is 1.93. The Balaban J connectivity index is 2.30. The van der Waals surface area contributed by atoms with Gasteiger partial charge in [-0.25, -0.2) is 0 Å². The molecule has 0 amide bonds. The molecule has 1 rings (SSSR count). The van der Waals surface area contributed by atoms with Crippen molar-refractivity contribution >= 4 is 0 Å². The van der Waals surface area contributed by atoms with Crippen LogP contribution in [0.2, 0.25) is 0 Å². The van der Waals surface area contributed by atoms with Crippen molar-refractivity contribution in [3.63, 3.8) is 0 Å². The van der Waals surface area contributed by atoms with Crippen LogP contribution in [-0.2, 0) is 18.3 Å². The van der Waals surface area contributed by atoms with E-state index in [-0.39, 0.29) is 0 Å². The molecule has 5 nitrogen and oxygen atoms in total. The molecule has 1 aromatic rings. The molecule has 1 N–H and O–H groups in total. The molecule has 0 spiro atoms. The number of ether oxygens (including phenoxy) is 1. The highest BCUT2D eigenvalue weighted by Gasteiger charge is 2.03. The fraction of sp³-hybridized carbons (Fsp3) is 0.750. The third kappa shape index (κ3) is 3.12. The Hall–Kier alpha value is -0.940. The lowest BCUT2D eigenvalue weighted by atomic mass is 10.3. The number of methoxy groups -OCH3 is 1. The molecule has 1 heterocycles. The van der Waals surface area contributed by atoms with Crippen molar-refractivity contribution < 1.29 is 4.74 Å². The van der Waals surface area contributed by atoms with E-state index in [9.17, 15) is 0 Å². The fourth-order valence-electron chi connectivity index (χ4n) is 1.06. The Kier molecular flexibility index (Phi) is 3.85. The summed E-state index contributed by atoms with van der Waals surface area (Å²) in [5, 5.41) is 10.9. The van der Waals surface area contributed by atoms with Crippen LogP contribution in [0, 0.1) is 0 Å². The van der Waals surface area contributed by atoms with E-state index in [0.29, 0.717) is 12.6 Å². The van der Waals surface area contributed by atoms with Crippen LogP contribution in [0.3, 0.4) is 0 Å². The van der Waals surface area contributed by atoms with Crippen molar-refractivity contribution in [1.82, 2.24) is 20.3 Å². The number of nitrogens with zero attached hydrogens (tertiary/aromatic N) is 3. The number of nitrogens with one attached hydrogen (secondary N) is 1. The van der Waals surface area contributed by atoms with Crippen LogP contribution < -0.4 is 5.32 Å². The van der Waals surface area contributed by atoms with Gasteiger partial charge in [0.25, 0.3) is 0 Å². The Labute approximate surface area is 78.1 Å². The van der Waals surface area contributed by atoms with E-state index in [0.717, 1.165) is 12.2 Å². The van der Waals surface area contributed by atoms with Gasteiger partial charge in [0, 0.05) is 26.7 Å². The van der Waals surface area contributed by atoms with E-state index in [4.69, 9.17) is 4.74 Å². The minimum Gasteiger partial charge on any atom is -0.383 e. The van der Waals surface area contributed by atoms with Crippen molar-refractivity contribution in [1.29, 1.82) is 0 Å². The van der Waals surface area contributed by atoms with E-state index < -0.39 is 0 Å². The van der Waals surface area contributed by atoms with Crippen molar-refractivity contribution in [3.05, 3.63) is 11.9 Å². The van der Waals surface area contributed by atoms with E-state index >= 15 is 0 Å². The molecule has 5 heteroatoms. The summed E-state index contributed by atoms with van der Waals surface area (Å²) in [6.45, 7) is 3.56. The predicted octanol–water partition coefficient (Wildman–Crippen LogP) is -0.0604. The van der Waals surface area contributed by atoms with Crippen molar-refractivity contribution in [3.8, 4) is 0 Å². The van der Waals surface area contributed by atoms with Crippen LogP contribution in [0.25, 0.3) is 0 Å². The van der Waals surface area contributed by atoms with Crippen LogP contribution in [0.15, 0.2) is 6.20 Å². The predicted molar refractivity (Wildman–Crippen MR) is 49.2 cm³/mol. The summed E-state index contributed by atoms with van der Waals surface area (Å²) >= 11 is 0. The lowest BCUT2D eigenvalue weighted by Crippen LogP contribution is -2.30. The molecule has 0 radical (unpaired) electrons. The minimum atomic E-state index is 0.347. The van der Waals surface area contributed by atoms with Gasteiger partial charge in [0.2, 0.25) is 0 Å². The van der Waals surface area contributed by atoms with Gasteiger partial charge >= 0.3 is 0 Å². The van der Waals surface area contributed by atoms with Crippen molar-refractivity contribution in [2.75, 3.05) is 13.7 Å². The highest BCUT2D eigenvalue weighted by atomic mass is 16.5. The maximum absolute atomic E-state index is 5.00. The number of rotatable bonds is 5. The summed E-state index contributed by atoms with van der Waals surface area (Å²) in [6.07, 6.45) is 1.76. The second kappa shape index (κ2) is 4.94. The standard InChI is InChI=1S/C8H16N4O/c1-7(6-13-3)9-4-8-5-10-11-12(8)2/h5,7,9H,4,6H2,1-3H3. The molecule has 74 valence electrons. The highest BCUT2D eigenvalue weighted by molar-refractivity contribution is 4.92. The van der Waals surface area contributed by atoms with E-state index in [1.165, 1.54) is 0 Å². The Morgan fingerprint density at radius 3 is 3.00 bits per heavy atom. The molecule has 1 atom stereocenters. The van der Waals surface area contributed by atoms with E-state index in [1.54, 1.807) is 18.0 Å². The summed E-state index contributed by atoms with van der Waals surface area (Å²) in [6, 6.07) is 0.347. The molecule has 0 bridgehead atoms. The second-order valence-electron chi connectivity index (χ2n) is 3.09. The molecule has 0 aliphatic rings. The fourth-order valence-corrected chi connectivity index (χ4v) is 1.06. The van der Waals surface area contributed by atoms with E-state index in [2.05, 4.69) is 22.6 Å². The Morgan fingerprint density at radius 2 is 2.46 bits per heavy atom. The van der Waals surface area contributed by atoms with Crippen LogP contribution in [0.4, 0.5) is 0 Å². The first-order chi connectivity index (χ1) is 6.24. The van der Waals surface area contributed by atoms with Gasteiger partial charge < -0.3 is 10.1 Å². The summed E-state index contributed by atoms with van der Waals surface area (Å²) in [4.78, 5) is 0. The molecule has 13 heavy (non-hydrogen) atoms. The average Bonchev–Trinajstić information content (AvgIpc) is 2.48. The Morgan fingerprint density at radius 1 is 1.69 bits per heavy atom. The van der Waals surface area contributed by atoms with E-state index in [1.807, 2.05) is 7.05 Å². The summed E-state index contributed by atoms with van der Waals surface area (Å²) in [7, 11) is 3.58. The second-order valence-corrected chi connectivity index (χ2v) is 3.09. The lowest BCUT2D eigenvalue weighted by molar-refractivity contribution is 0.171. The quantitative estimate of drug-likeness (QED) is 0.696. The van der Waals surface area contributed by atoms with Gasteiger partial charge in [-0.1, -0.05) is 5.21 Å². The number of hydrogen-bond donors (Lipinski definition) is 1. The molecule has 0 fully saturated rings. The molecule has 0 aliphatic carbocycles. The third-order valence-corrected chi connectivity index (χ3v) is 1.86. The first kappa shape index (κ1) is 10.1. The number of hydrogen-bond acceptors (Lipinski definition) is 4. The largest absolute Gasteiger partial charge is 0.383 e. The third-order valence-electron chi connectivity index (χ3n) is 1.86. The summed E-state index contributed by atoms with van der Waals surface area (Å²) in [5.74, 6) is 0. The van der Waals surface area contributed by atoms with Gasteiger partial charge in [-0.3, -0.25) is 4.68 Å². The number of aryl methyl sites for hydroxylation is 1. The van der Waals surface area contributed by atoms with Gasteiger partial charge in [0.1, 0.15) is 0 Å². The summed E-state index contributed by atoms with van der Waals surface area (Å²) in [5.41, 5.74) is 1.07. The molecule has 0 aromatic carbocycles. The van der Waals surface area contributed by atoms with Crippen LogP contribution in [0.1, 0.15) is 12.6 Å². The molecule has 1 aromatic heterocycles. The normalized spacial score (nSPS) is 13.2. The Bertz CT molecular complexity index is 248. The van der Waals surface area contributed by atoms with Crippen LogP contribution >= 0.6 is 0 Å². The van der Waals surface area contributed by atoms with Crippen molar-refractivity contribution in [2.24, 2.45) is 7.05 Å². The zero-order chi connectivity index (χ0) is 9.68. The smallest absolute Gasteiger partial charge is 0.0738 e. The summed E-state index contributed by atoms with van der Waals surface area (Å²) < 4.78 is 6.76. The molecular formula is C8H16N4O. The first-order valence-electron chi connectivity index (χ1n) is 4.30. The molecule has 1 unspecified atom stereocenters. The minimum absolute atomic E-state index is 0.347. The zero-order valence-electron chi connectivity index (χ0n) is 8.32. The van der Waals surface area contributed by atoms with Gasteiger partial charge in [0.15, 0.2) is 0 Å². The van der Waals surface area contributed by atoms with Crippen LogP contribution in [0.5, 0.6) is 0 Å². The van der Waals surface area contributed by atoms with Gasteiger partial charge in [0.05, 0.1) is 18.5 Å². The lowest BCUT2D eigenvalue weighted by Gasteiger charge is -2.11. The van der Waals surface area contributed by atoms with Gasteiger partial charge in [-0.05, 0) is 6.92 Å². The molecule has 0 saturated heterocycles. The number of aromatic nitrogens is 3. The SMILES string of the molecule is COCC(C)NCc1cnnn1C. The maximum Gasteiger partial charge on any atom is 0.0738 e. The zero-order valence-corrected chi connectivity index (χ0v) is 8.32. The monoisotopic (exact) mass is 184 g/mol. The first-order valence-corrected chi connectivity index (χ1v) is 4.30. The van der Waals surface area contributed by atoms with Gasteiger partial charge in [-0.15, -0.1) is 5.10 Å². The van der Waals surface area contributed by atoms with Gasteiger partial charge in [-0.2, -0.15) is 0 Å². The maximum atomic E-state index is 5.00.